The molecule has 0 aliphatic carbocycles. The molecule has 0 aliphatic heterocycles. The molecule has 3 rings (SSSR count). The highest BCUT2D eigenvalue weighted by atomic mass is 35.5. The van der Waals surface area contributed by atoms with E-state index in [0.717, 1.165) is 18.4 Å². The van der Waals surface area contributed by atoms with Gasteiger partial charge in [-0.25, -0.2) is 13.1 Å². The Balaban J connectivity index is 1.95. The van der Waals surface area contributed by atoms with E-state index >= 15 is 0 Å². The number of hydrogen-bond donors (Lipinski definition) is 1. The molecule has 1 aromatic heterocycles. The van der Waals surface area contributed by atoms with Crippen LogP contribution >= 0.6 is 11.6 Å². The van der Waals surface area contributed by atoms with Crippen LogP contribution in [0.1, 0.15) is 11.3 Å². The van der Waals surface area contributed by atoms with E-state index in [9.17, 15) is 31.2 Å². The zero-order chi connectivity index (χ0) is 25.4. The molecular weight excluding hydrogens is 497 g/mol. The fourth-order valence-corrected chi connectivity index (χ4v) is 4.38. The first-order chi connectivity index (χ1) is 15.7. The third-order valence-electron chi connectivity index (χ3n) is 5.05. The van der Waals surface area contributed by atoms with Gasteiger partial charge in [-0.3, -0.25) is 18.6 Å². The van der Waals surface area contributed by atoms with Gasteiger partial charge in [-0.15, -0.1) is 0 Å². The molecule has 0 saturated heterocycles. The minimum absolute atomic E-state index is 0.0862. The van der Waals surface area contributed by atoms with Gasteiger partial charge in [0.25, 0.3) is 5.56 Å². The lowest BCUT2D eigenvalue weighted by Gasteiger charge is -2.23. The van der Waals surface area contributed by atoms with Crippen LogP contribution in [0.3, 0.4) is 0 Å². The molecule has 0 radical (unpaired) electrons. The van der Waals surface area contributed by atoms with Gasteiger partial charge in [0.2, 0.25) is 15.9 Å². The number of halogens is 4. The number of para-hydroxylation sites is 1. The number of carbonyl (C=O) groups is 1. The minimum Gasteiger partial charge on any atom is -0.318 e. The number of alkyl halides is 3. The SMILES string of the molecule is Cc1c(NC(=O)CN(c2ccc(Cl)c(C(F)(F)F)c2)S(C)(=O)=O)c(=O)n(-c2ccccc2)n1C. The van der Waals surface area contributed by atoms with E-state index in [1.165, 1.54) is 9.36 Å². The summed E-state index contributed by atoms with van der Waals surface area (Å²) >= 11 is 5.61. The van der Waals surface area contributed by atoms with Crippen molar-refractivity contribution in [2.45, 2.75) is 13.1 Å². The van der Waals surface area contributed by atoms with Crippen LogP contribution in [0.15, 0.2) is 53.3 Å². The Kier molecular flexibility index (Phi) is 6.85. The molecule has 182 valence electrons. The first-order valence-corrected chi connectivity index (χ1v) is 11.9. The largest absolute Gasteiger partial charge is 0.417 e. The Morgan fingerprint density at radius 2 is 1.76 bits per heavy atom. The number of anilines is 2. The lowest BCUT2D eigenvalue weighted by atomic mass is 10.2. The Hall–Kier alpha value is -3.25. The van der Waals surface area contributed by atoms with Gasteiger partial charge in [0.05, 0.1) is 33.9 Å². The highest BCUT2D eigenvalue weighted by molar-refractivity contribution is 7.92. The minimum atomic E-state index is -4.83. The van der Waals surface area contributed by atoms with Crippen molar-refractivity contribution in [1.82, 2.24) is 9.36 Å². The van der Waals surface area contributed by atoms with Gasteiger partial charge in [0, 0.05) is 7.05 Å². The van der Waals surface area contributed by atoms with Crippen molar-refractivity contribution < 1.29 is 26.4 Å². The van der Waals surface area contributed by atoms with Crippen molar-refractivity contribution in [2.24, 2.45) is 7.05 Å². The number of hydrogen-bond acceptors (Lipinski definition) is 4. The zero-order valence-corrected chi connectivity index (χ0v) is 19.8. The normalized spacial score (nSPS) is 12.0. The molecule has 0 fully saturated rings. The van der Waals surface area contributed by atoms with E-state index < -0.39 is 50.5 Å². The van der Waals surface area contributed by atoms with Gasteiger partial charge < -0.3 is 5.32 Å². The van der Waals surface area contributed by atoms with Crippen molar-refractivity contribution in [3.63, 3.8) is 0 Å². The molecule has 2 aromatic carbocycles. The first-order valence-electron chi connectivity index (χ1n) is 9.70. The van der Waals surface area contributed by atoms with E-state index in [2.05, 4.69) is 5.32 Å². The highest BCUT2D eigenvalue weighted by Gasteiger charge is 2.34. The van der Waals surface area contributed by atoms with Crippen molar-refractivity contribution in [3.05, 3.63) is 75.2 Å². The standard InChI is InChI=1S/C21H20ClF3N4O4S/c1-13-19(20(31)29(27(13)2)14-7-5-4-6-8-14)26-18(30)12-28(34(3,32)33)15-9-10-17(22)16(11-15)21(23,24)25/h4-11H,12H2,1-3H3,(H,26,30). The van der Waals surface area contributed by atoms with Crippen molar-refractivity contribution >= 4 is 38.9 Å². The maximum atomic E-state index is 13.2. The summed E-state index contributed by atoms with van der Waals surface area (Å²) < 4.78 is 67.6. The second-order valence-corrected chi connectivity index (χ2v) is 9.73. The molecule has 0 bridgehead atoms. The summed E-state index contributed by atoms with van der Waals surface area (Å²) in [5, 5.41) is 1.78. The Bertz CT molecular complexity index is 1400. The second kappa shape index (κ2) is 9.18. The number of rotatable bonds is 6. The molecule has 34 heavy (non-hydrogen) atoms. The van der Waals surface area contributed by atoms with E-state index in [0.29, 0.717) is 21.8 Å². The molecule has 13 heteroatoms. The topological polar surface area (TPSA) is 93.4 Å². The molecule has 0 unspecified atom stereocenters. The molecule has 3 aromatic rings. The van der Waals surface area contributed by atoms with Crippen LogP contribution in [0.2, 0.25) is 5.02 Å². The van der Waals surface area contributed by atoms with Gasteiger partial charge in [0.15, 0.2) is 0 Å². The number of sulfonamides is 1. The molecule has 0 saturated carbocycles. The third-order valence-corrected chi connectivity index (χ3v) is 6.52. The van der Waals surface area contributed by atoms with Crippen molar-refractivity contribution in [1.29, 1.82) is 0 Å². The molecule has 1 N–H and O–H groups in total. The lowest BCUT2D eigenvalue weighted by Crippen LogP contribution is -2.38. The number of aromatic nitrogens is 2. The van der Waals surface area contributed by atoms with Crippen LogP contribution < -0.4 is 15.2 Å². The maximum Gasteiger partial charge on any atom is 0.417 e. The van der Waals surface area contributed by atoms with Crippen LogP contribution in [0.4, 0.5) is 24.5 Å². The monoisotopic (exact) mass is 516 g/mol. The molecule has 0 spiro atoms. The predicted octanol–water partition coefficient (Wildman–Crippen LogP) is 3.56. The summed E-state index contributed by atoms with van der Waals surface area (Å²) in [5.74, 6) is -0.917. The average molecular weight is 517 g/mol. The van der Waals surface area contributed by atoms with Crippen LogP contribution in [0.5, 0.6) is 0 Å². The van der Waals surface area contributed by atoms with Crippen LogP contribution in [0.25, 0.3) is 5.69 Å². The summed E-state index contributed by atoms with van der Waals surface area (Å²) in [6, 6.07) is 11.1. The smallest absolute Gasteiger partial charge is 0.318 e. The average Bonchev–Trinajstić information content (AvgIpc) is 2.95. The molecule has 1 amide bonds. The fourth-order valence-electron chi connectivity index (χ4n) is 3.31. The van der Waals surface area contributed by atoms with Gasteiger partial charge in [-0.1, -0.05) is 29.8 Å². The lowest BCUT2D eigenvalue weighted by molar-refractivity contribution is -0.137. The summed E-state index contributed by atoms with van der Waals surface area (Å²) in [7, 11) is -2.57. The summed E-state index contributed by atoms with van der Waals surface area (Å²) in [4.78, 5) is 25.7. The van der Waals surface area contributed by atoms with Gasteiger partial charge >= 0.3 is 6.18 Å². The number of nitrogens with zero attached hydrogens (tertiary/aromatic N) is 3. The molecule has 1 heterocycles. The zero-order valence-electron chi connectivity index (χ0n) is 18.2. The number of amides is 1. The van der Waals surface area contributed by atoms with Crippen LogP contribution in [-0.4, -0.2) is 36.5 Å². The molecule has 0 atom stereocenters. The van der Waals surface area contributed by atoms with E-state index in [1.54, 1.807) is 44.3 Å². The summed E-state index contributed by atoms with van der Waals surface area (Å²) in [5.41, 5.74) is -1.37. The van der Waals surface area contributed by atoms with Crippen molar-refractivity contribution in [3.8, 4) is 5.69 Å². The van der Waals surface area contributed by atoms with Crippen LogP contribution in [0, 0.1) is 6.92 Å². The Labute approximate surface area is 198 Å². The number of nitrogens with one attached hydrogen (secondary N) is 1. The van der Waals surface area contributed by atoms with E-state index in [-0.39, 0.29) is 5.69 Å². The number of benzene rings is 2. The van der Waals surface area contributed by atoms with Gasteiger partial charge in [-0.05, 0) is 37.3 Å². The van der Waals surface area contributed by atoms with Gasteiger partial charge in [0.1, 0.15) is 12.2 Å². The Morgan fingerprint density at radius 1 is 1.15 bits per heavy atom. The summed E-state index contributed by atoms with van der Waals surface area (Å²) in [6.07, 6.45) is -4.08. The van der Waals surface area contributed by atoms with Gasteiger partial charge in [-0.2, -0.15) is 13.2 Å². The fraction of sp³-hybridized carbons (Fsp3) is 0.238. The number of carbonyl (C=O) groups excluding carboxylic acids is 1. The molecular formula is C21H20ClF3N4O4S. The van der Waals surface area contributed by atoms with E-state index in [4.69, 9.17) is 11.6 Å². The predicted molar refractivity (Wildman–Crippen MR) is 123 cm³/mol. The summed E-state index contributed by atoms with van der Waals surface area (Å²) in [6.45, 7) is 0.719. The van der Waals surface area contributed by atoms with Crippen molar-refractivity contribution in [2.75, 3.05) is 22.4 Å². The second-order valence-electron chi connectivity index (χ2n) is 7.42. The third kappa shape index (κ3) is 5.12. The quantitative estimate of drug-likeness (QED) is 0.542. The molecule has 8 nitrogen and oxygen atoms in total. The molecule has 0 aliphatic rings. The maximum absolute atomic E-state index is 13.2. The first kappa shape index (κ1) is 25.4. The van der Waals surface area contributed by atoms with Crippen LogP contribution in [-0.2, 0) is 28.0 Å². The highest BCUT2D eigenvalue weighted by Crippen LogP contribution is 2.37. The van der Waals surface area contributed by atoms with E-state index in [1.807, 2.05) is 0 Å². The Morgan fingerprint density at radius 3 is 2.32 bits per heavy atom.